The lowest BCUT2D eigenvalue weighted by Gasteiger charge is -2.35. The minimum Gasteiger partial charge on any atom is -0.355 e. The van der Waals surface area contributed by atoms with Gasteiger partial charge in [-0.1, -0.05) is 11.6 Å². The van der Waals surface area contributed by atoms with Crippen molar-refractivity contribution in [3.8, 4) is 0 Å². The number of carbonyl (C=O) groups excluding carboxylic acids is 2. The Morgan fingerprint density at radius 1 is 1.52 bits per heavy atom. The lowest BCUT2D eigenvalue weighted by Crippen LogP contribution is -2.59. The van der Waals surface area contributed by atoms with Crippen LogP contribution in [0.25, 0.3) is 0 Å². The van der Waals surface area contributed by atoms with E-state index in [4.69, 9.17) is 11.6 Å². The Morgan fingerprint density at radius 3 is 2.95 bits per heavy atom. The zero-order valence-electron chi connectivity index (χ0n) is 11.7. The quantitative estimate of drug-likeness (QED) is 0.876. The van der Waals surface area contributed by atoms with Crippen molar-refractivity contribution < 1.29 is 14.0 Å². The number of carbonyl (C=O) groups is 2. The Kier molecular flexibility index (Phi) is 5.14. The van der Waals surface area contributed by atoms with Crippen molar-refractivity contribution in [3.05, 3.63) is 34.6 Å². The van der Waals surface area contributed by atoms with Gasteiger partial charge in [-0.3, -0.25) is 9.59 Å². The third kappa shape index (κ3) is 3.51. The van der Waals surface area contributed by atoms with Gasteiger partial charge in [0.2, 0.25) is 5.91 Å². The molecule has 0 aromatic heterocycles. The zero-order valence-corrected chi connectivity index (χ0v) is 12.4. The first-order chi connectivity index (χ1) is 10.0. The van der Waals surface area contributed by atoms with E-state index in [0.717, 1.165) is 6.07 Å². The summed E-state index contributed by atoms with van der Waals surface area (Å²) in [5, 5.41) is 5.75. The minimum atomic E-state index is -0.646. The highest BCUT2D eigenvalue weighted by Gasteiger charge is 2.32. The van der Waals surface area contributed by atoms with Gasteiger partial charge in [-0.2, -0.15) is 0 Å². The van der Waals surface area contributed by atoms with Crippen LogP contribution >= 0.6 is 11.6 Å². The molecule has 1 atom stereocenters. The van der Waals surface area contributed by atoms with E-state index in [2.05, 4.69) is 10.6 Å². The molecule has 1 unspecified atom stereocenters. The Balaban J connectivity index is 2.21. The molecular weight excluding hydrogens is 297 g/mol. The molecule has 5 nitrogen and oxygen atoms in total. The molecule has 2 amide bonds. The molecule has 1 fully saturated rings. The molecule has 0 spiro atoms. The monoisotopic (exact) mass is 313 g/mol. The largest absolute Gasteiger partial charge is 0.355 e. The van der Waals surface area contributed by atoms with Gasteiger partial charge in [0, 0.05) is 31.7 Å². The van der Waals surface area contributed by atoms with Crippen LogP contribution in [0.2, 0.25) is 5.02 Å². The van der Waals surface area contributed by atoms with Crippen LogP contribution in [0.15, 0.2) is 18.2 Å². The summed E-state index contributed by atoms with van der Waals surface area (Å²) in [5.41, 5.74) is 0.188. The Labute approximate surface area is 127 Å². The fourth-order valence-corrected chi connectivity index (χ4v) is 2.39. The minimum absolute atomic E-state index is 0.0351. The van der Waals surface area contributed by atoms with Crippen LogP contribution in [-0.4, -0.2) is 48.9 Å². The van der Waals surface area contributed by atoms with Crippen molar-refractivity contribution in [1.82, 2.24) is 15.5 Å². The predicted octanol–water partition coefficient (Wildman–Crippen LogP) is 1.03. The fraction of sp³-hybridized carbons (Fsp3) is 0.429. The summed E-state index contributed by atoms with van der Waals surface area (Å²) in [6.07, 6.45) is 0. The maximum Gasteiger partial charge on any atom is 0.254 e. The number of hydrogen-bond donors (Lipinski definition) is 2. The first-order valence-corrected chi connectivity index (χ1v) is 7.16. The first kappa shape index (κ1) is 15.7. The fourth-order valence-electron chi connectivity index (χ4n) is 2.27. The van der Waals surface area contributed by atoms with Gasteiger partial charge in [-0.05, 0) is 25.1 Å². The molecule has 21 heavy (non-hydrogen) atoms. The second-order valence-electron chi connectivity index (χ2n) is 4.74. The highest BCUT2D eigenvalue weighted by molar-refractivity contribution is 6.30. The molecule has 0 radical (unpaired) electrons. The van der Waals surface area contributed by atoms with Crippen LogP contribution < -0.4 is 10.6 Å². The zero-order chi connectivity index (χ0) is 15.4. The van der Waals surface area contributed by atoms with Gasteiger partial charge in [0.1, 0.15) is 11.9 Å². The highest BCUT2D eigenvalue weighted by Crippen LogP contribution is 2.18. The molecule has 1 aliphatic heterocycles. The lowest BCUT2D eigenvalue weighted by atomic mass is 10.1. The molecule has 0 saturated carbocycles. The lowest BCUT2D eigenvalue weighted by molar-refractivity contribution is -0.126. The second kappa shape index (κ2) is 6.87. The SMILES string of the molecule is CCNC(=O)C1CNCCN1C(=O)c1ccc(Cl)c(F)c1. The van der Waals surface area contributed by atoms with Gasteiger partial charge < -0.3 is 15.5 Å². The van der Waals surface area contributed by atoms with Crippen molar-refractivity contribution >= 4 is 23.4 Å². The number of nitrogens with one attached hydrogen (secondary N) is 2. The molecular formula is C14H17ClFN3O2. The molecule has 1 aromatic carbocycles. The topological polar surface area (TPSA) is 61.4 Å². The van der Waals surface area contributed by atoms with Crippen LogP contribution in [0.5, 0.6) is 0 Å². The number of benzene rings is 1. The molecule has 114 valence electrons. The molecule has 1 aliphatic rings. The van der Waals surface area contributed by atoms with Gasteiger partial charge in [-0.25, -0.2) is 4.39 Å². The van der Waals surface area contributed by atoms with E-state index < -0.39 is 11.9 Å². The molecule has 0 bridgehead atoms. The average molecular weight is 314 g/mol. The Bertz CT molecular complexity index is 553. The highest BCUT2D eigenvalue weighted by atomic mass is 35.5. The van der Waals surface area contributed by atoms with E-state index in [9.17, 15) is 14.0 Å². The van der Waals surface area contributed by atoms with E-state index in [-0.39, 0.29) is 22.4 Å². The third-order valence-corrected chi connectivity index (χ3v) is 3.63. The van der Waals surface area contributed by atoms with Crippen molar-refractivity contribution in [1.29, 1.82) is 0 Å². The second-order valence-corrected chi connectivity index (χ2v) is 5.15. The molecule has 1 aromatic rings. The van der Waals surface area contributed by atoms with Gasteiger partial charge in [-0.15, -0.1) is 0 Å². The van der Waals surface area contributed by atoms with Crippen molar-refractivity contribution in [3.63, 3.8) is 0 Å². The normalized spacial score (nSPS) is 18.4. The van der Waals surface area contributed by atoms with Gasteiger partial charge in [0.15, 0.2) is 0 Å². The molecule has 2 rings (SSSR count). The number of likely N-dealkylation sites (N-methyl/N-ethyl adjacent to an activating group) is 1. The first-order valence-electron chi connectivity index (χ1n) is 6.79. The number of rotatable bonds is 3. The molecule has 2 N–H and O–H groups in total. The standard InChI is InChI=1S/C14H17ClFN3O2/c1-2-18-13(20)12-8-17-5-6-19(12)14(21)9-3-4-10(15)11(16)7-9/h3-4,7,12,17H,2,5-6,8H2,1H3,(H,18,20). The number of nitrogens with zero attached hydrogens (tertiary/aromatic N) is 1. The van der Waals surface area contributed by atoms with E-state index in [1.54, 1.807) is 0 Å². The Morgan fingerprint density at radius 2 is 2.29 bits per heavy atom. The van der Waals surface area contributed by atoms with Crippen LogP contribution in [0, 0.1) is 5.82 Å². The van der Waals surface area contributed by atoms with Crippen molar-refractivity contribution in [2.75, 3.05) is 26.2 Å². The van der Waals surface area contributed by atoms with E-state index >= 15 is 0 Å². The molecule has 7 heteroatoms. The van der Waals surface area contributed by atoms with E-state index in [1.807, 2.05) is 6.92 Å². The van der Waals surface area contributed by atoms with Crippen molar-refractivity contribution in [2.45, 2.75) is 13.0 Å². The van der Waals surface area contributed by atoms with Gasteiger partial charge in [0.05, 0.1) is 5.02 Å². The van der Waals surface area contributed by atoms with Gasteiger partial charge in [0.25, 0.3) is 5.91 Å². The van der Waals surface area contributed by atoms with Crippen molar-refractivity contribution in [2.24, 2.45) is 0 Å². The summed E-state index contributed by atoms with van der Waals surface area (Å²) in [4.78, 5) is 26.0. The summed E-state index contributed by atoms with van der Waals surface area (Å²) >= 11 is 5.62. The average Bonchev–Trinajstić information content (AvgIpc) is 2.49. The summed E-state index contributed by atoms with van der Waals surface area (Å²) in [5.74, 6) is -1.23. The molecule has 1 saturated heterocycles. The number of amides is 2. The number of piperazine rings is 1. The van der Waals surface area contributed by atoms with Crippen LogP contribution in [-0.2, 0) is 4.79 Å². The van der Waals surface area contributed by atoms with Crippen LogP contribution in [0.4, 0.5) is 4.39 Å². The molecule has 1 heterocycles. The summed E-state index contributed by atoms with van der Waals surface area (Å²) in [6.45, 7) is 3.68. The third-order valence-electron chi connectivity index (χ3n) is 3.32. The number of hydrogen-bond acceptors (Lipinski definition) is 3. The number of halogens is 2. The summed E-state index contributed by atoms with van der Waals surface area (Å²) in [6, 6.07) is 3.31. The van der Waals surface area contributed by atoms with E-state index in [0.29, 0.717) is 26.2 Å². The maximum absolute atomic E-state index is 13.5. The van der Waals surface area contributed by atoms with Crippen LogP contribution in [0.1, 0.15) is 17.3 Å². The van der Waals surface area contributed by atoms with Crippen LogP contribution in [0.3, 0.4) is 0 Å². The Hall–Kier alpha value is -1.66. The van der Waals surface area contributed by atoms with E-state index in [1.165, 1.54) is 17.0 Å². The predicted molar refractivity (Wildman–Crippen MR) is 77.8 cm³/mol. The molecule has 0 aliphatic carbocycles. The smallest absolute Gasteiger partial charge is 0.254 e. The summed E-state index contributed by atoms with van der Waals surface area (Å²) < 4.78 is 13.5. The van der Waals surface area contributed by atoms with Gasteiger partial charge >= 0.3 is 0 Å². The summed E-state index contributed by atoms with van der Waals surface area (Å²) in [7, 11) is 0. The maximum atomic E-state index is 13.5.